The average Bonchev–Trinajstić information content (AvgIpc) is 2.89. The maximum atomic E-state index is 13.6. The van der Waals surface area contributed by atoms with Gasteiger partial charge in [-0.15, -0.1) is 0 Å². The van der Waals surface area contributed by atoms with Crippen LogP contribution in [0, 0.1) is 5.82 Å². The number of rotatable bonds is 1. The number of nitrogens with one attached hydrogen (secondary N) is 1. The van der Waals surface area contributed by atoms with Crippen LogP contribution in [0.2, 0.25) is 0 Å². The Labute approximate surface area is 147 Å². The maximum Gasteiger partial charge on any atom is 0.177 e. The molecule has 4 nitrogen and oxygen atoms in total. The van der Waals surface area contributed by atoms with Gasteiger partial charge >= 0.3 is 0 Å². The van der Waals surface area contributed by atoms with Crippen molar-refractivity contribution in [1.82, 2.24) is 5.32 Å². The minimum Gasteiger partial charge on any atom is -0.361 e. The van der Waals surface area contributed by atoms with Crippen molar-refractivity contribution in [2.24, 2.45) is 0 Å². The molecule has 0 amide bonds. The van der Waals surface area contributed by atoms with Gasteiger partial charge in [0.1, 0.15) is 5.82 Å². The van der Waals surface area contributed by atoms with Gasteiger partial charge in [0.25, 0.3) is 0 Å². The van der Waals surface area contributed by atoms with Crippen molar-refractivity contribution < 1.29 is 17.6 Å². The van der Waals surface area contributed by atoms with Gasteiger partial charge in [-0.25, -0.2) is 12.8 Å². The highest BCUT2D eigenvalue weighted by molar-refractivity contribution is 9.10. The van der Waals surface area contributed by atoms with Gasteiger partial charge < -0.3 is 5.32 Å². The molecule has 1 atom stereocenters. The Morgan fingerprint density at radius 1 is 1.17 bits per heavy atom. The van der Waals surface area contributed by atoms with E-state index in [9.17, 15) is 17.6 Å². The van der Waals surface area contributed by atoms with Crippen LogP contribution in [0.5, 0.6) is 0 Å². The van der Waals surface area contributed by atoms with Gasteiger partial charge in [0.2, 0.25) is 0 Å². The van der Waals surface area contributed by atoms with Crippen LogP contribution in [-0.4, -0.2) is 20.0 Å². The maximum absolute atomic E-state index is 13.6. The molecule has 3 aliphatic rings. The first-order chi connectivity index (χ1) is 11.4. The van der Waals surface area contributed by atoms with Gasteiger partial charge in [-0.05, 0) is 52.9 Å². The van der Waals surface area contributed by atoms with E-state index in [0.717, 1.165) is 5.70 Å². The third kappa shape index (κ3) is 2.37. The quantitative estimate of drug-likeness (QED) is 0.769. The van der Waals surface area contributed by atoms with E-state index in [1.165, 1.54) is 6.07 Å². The highest BCUT2D eigenvalue weighted by atomic mass is 79.9. The van der Waals surface area contributed by atoms with Crippen molar-refractivity contribution in [3.63, 3.8) is 0 Å². The smallest absolute Gasteiger partial charge is 0.177 e. The summed E-state index contributed by atoms with van der Waals surface area (Å²) in [6, 6.07) is 4.45. The molecule has 0 unspecified atom stereocenters. The predicted octanol–water partition coefficient (Wildman–Crippen LogP) is 3.31. The molecular formula is C17H15BrFNO3S. The summed E-state index contributed by atoms with van der Waals surface area (Å²) in [5.41, 5.74) is 2.67. The number of ketones is 1. The molecule has 4 rings (SSSR count). The fraction of sp³-hybridized carbons (Fsp3) is 0.353. The summed E-state index contributed by atoms with van der Waals surface area (Å²) >= 11 is 3.16. The summed E-state index contributed by atoms with van der Waals surface area (Å²) in [6.07, 6.45) is 2.21. The van der Waals surface area contributed by atoms with Crippen LogP contribution < -0.4 is 5.32 Å². The first-order valence-corrected chi connectivity index (χ1v) is 10.3. The van der Waals surface area contributed by atoms with Crippen molar-refractivity contribution in [3.05, 3.63) is 55.9 Å². The van der Waals surface area contributed by atoms with Crippen LogP contribution in [-0.2, 0) is 14.6 Å². The van der Waals surface area contributed by atoms with Crippen LogP contribution in [0.3, 0.4) is 0 Å². The number of Topliss-reactive ketones (excluding diaryl/α,β-unsaturated/α-hetero) is 1. The molecule has 0 fully saturated rings. The van der Waals surface area contributed by atoms with E-state index in [4.69, 9.17) is 0 Å². The second kappa shape index (κ2) is 5.52. The van der Waals surface area contributed by atoms with Crippen molar-refractivity contribution in [2.45, 2.75) is 31.6 Å². The Kier molecular flexibility index (Phi) is 3.69. The van der Waals surface area contributed by atoms with Crippen LogP contribution in [0.1, 0.15) is 37.2 Å². The minimum absolute atomic E-state index is 0.0322. The normalized spacial score (nSPS) is 25.4. The molecule has 24 heavy (non-hydrogen) atoms. The molecule has 2 heterocycles. The Hall–Kier alpha value is -1.47. The number of hydrogen-bond acceptors (Lipinski definition) is 4. The van der Waals surface area contributed by atoms with Crippen molar-refractivity contribution >= 4 is 31.6 Å². The third-order valence-electron chi connectivity index (χ3n) is 4.83. The highest BCUT2D eigenvalue weighted by Crippen LogP contribution is 2.47. The van der Waals surface area contributed by atoms with Gasteiger partial charge in [-0.3, -0.25) is 4.79 Å². The minimum atomic E-state index is -3.44. The van der Waals surface area contributed by atoms with Crippen LogP contribution in [0.15, 0.2) is 44.5 Å². The third-order valence-corrected chi connectivity index (χ3v) is 7.42. The second-order valence-electron chi connectivity index (χ2n) is 6.31. The van der Waals surface area contributed by atoms with Crippen LogP contribution in [0.25, 0.3) is 0 Å². The van der Waals surface area contributed by atoms with Gasteiger partial charge in [0.05, 0.1) is 21.0 Å². The Morgan fingerprint density at radius 2 is 1.96 bits per heavy atom. The zero-order valence-corrected chi connectivity index (χ0v) is 15.1. The molecule has 2 aliphatic heterocycles. The zero-order valence-electron chi connectivity index (χ0n) is 12.7. The second-order valence-corrected chi connectivity index (χ2v) is 9.24. The van der Waals surface area contributed by atoms with Gasteiger partial charge in [-0.1, -0.05) is 6.07 Å². The van der Waals surface area contributed by atoms with Gasteiger partial charge in [0.15, 0.2) is 15.6 Å². The first-order valence-electron chi connectivity index (χ1n) is 7.82. The lowest BCUT2D eigenvalue weighted by Gasteiger charge is -2.33. The fourth-order valence-electron chi connectivity index (χ4n) is 3.80. The molecule has 1 N–H and O–H groups in total. The molecule has 7 heteroatoms. The average molecular weight is 412 g/mol. The number of hydrogen-bond donors (Lipinski definition) is 1. The Morgan fingerprint density at radius 3 is 2.71 bits per heavy atom. The lowest BCUT2D eigenvalue weighted by atomic mass is 9.85. The van der Waals surface area contributed by atoms with Crippen LogP contribution in [0.4, 0.5) is 4.39 Å². The van der Waals surface area contributed by atoms with Gasteiger partial charge in [-0.2, -0.15) is 0 Å². The molecule has 0 spiro atoms. The zero-order chi connectivity index (χ0) is 17.1. The number of sulfone groups is 1. The monoisotopic (exact) mass is 411 g/mol. The molecule has 1 aromatic carbocycles. The topological polar surface area (TPSA) is 63.2 Å². The number of carbonyl (C=O) groups excluding carboxylic acids is 1. The van der Waals surface area contributed by atoms with Crippen LogP contribution >= 0.6 is 15.9 Å². The first kappa shape index (κ1) is 16.0. The van der Waals surface area contributed by atoms with E-state index in [-0.39, 0.29) is 16.0 Å². The molecule has 1 aliphatic carbocycles. The van der Waals surface area contributed by atoms with Crippen molar-refractivity contribution in [1.29, 1.82) is 0 Å². The predicted molar refractivity (Wildman–Crippen MR) is 91.3 cm³/mol. The van der Waals surface area contributed by atoms with Crippen molar-refractivity contribution in [2.75, 3.05) is 5.75 Å². The summed E-state index contributed by atoms with van der Waals surface area (Å²) in [5, 5.41) is 3.20. The molecule has 1 aromatic rings. The van der Waals surface area contributed by atoms with E-state index >= 15 is 0 Å². The standard InChI is InChI=1S/C17H15BrFNO3S/c18-10-8-9(3-4-11(10)19)15-16-12(5-6-14(16)21)20-13-2-1-7-24(22,23)17(13)15/h3-4,8,15,20H,1-2,5-7H2/t15-/m0/s1. The van der Waals surface area contributed by atoms with Crippen molar-refractivity contribution in [3.8, 4) is 0 Å². The number of allylic oxidation sites excluding steroid dienone is 4. The highest BCUT2D eigenvalue weighted by Gasteiger charge is 2.44. The van der Waals surface area contributed by atoms with E-state index in [0.29, 0.717) is 47.4 Å². The summed E-state index contributed by atoms with van der Waals surface area (Å²) in [5.74, 6) is -0.993. The molecule has 0 saturated carbocycles. The number of dihydropyridines is 1. The Balaban J connectivity index is 1.96. The van der Waals surface area contributed by atoms with E-state index < -0.39 is 21.6 Å². The number of carbonyl (C=O) groups is 1. The van der Waals surface area contributed by atoms with E-state index in [2.05, 4.69) is 21.2 Å². The molecule has 0 aromatic heterocycles. The molecule has 0 saturated heterocycles. The SMILES string of the molecule is O=C1CCC2=C1[C@H](c1ccc(F)c(Br)c1)C1=C(CCCS1(=O)=O)N2. The molecule has 0 radical (unpaired) electrons. The summed E-state index contributed by atoms with van der Waals surface area (Å²) in [4.78, 5) is 12.7. The fourth-order valence-corrected chi connectivity index (χ4v) is 6.08. The molecular weight excluding hydrogens is 397 g/mol. The lowest BCUT2D eigenvalue weighted by Crippen LogP contribution is -2.33. The number of halogens is 2. The summed E-state index contributed by atoms with van der Waals surface area (Å²) < 4.78 is 39.4. The molecule has 0 bridgehead atoms. The largest absolute Gasteiger partial charge is 0.361 e. The van der Waals surface area contributed by atoms with Gasteiger partial charge in [0, 0.05) is 23.4 Å². The Bertz CT molecular complexity index is 933. The van der Waals surface area contributed by atoms with E-state index in [1.54, 1.807) is 12.1 Å². The summed E-state index contributed by atoms with van der Waals surface area (Å²) in [7, 11) is -3.44. The summed E-state index contributed by atoms with van der Waals surface area (Å²) in [6.45, 7) is 0. The molecule has 126 valence electrons. The lowest BCUT2D eigenvalue weighted by molar-refractivity contribution is -0.115. The number of benzene rings is 1. The van der Waals surface area contributed by atoms with E-state index in [1.807, 2.05) is 0 Å².